The van der Waals surface area contributed by atoms with E-state index >= 15 is 0 Å². The molecule has 6 heteroatoms. The van der Waals surface area contributed by atoms with Crippen LogP contribution in [-0.4, -0.2) is 31.9 Å². The molecule has 2 aliphatic rings. The van der Waals surface area contributed by atoms with Crippen LogP contribution in [0.3, 0.4) is 0 Å². The minimum atomic E-state index is -1.57. The number of methoxy groups -OCH3 is 1. The fraction of sp³-hybridized carbons (Fsp3) is 0.167. The molecule has 0 radical (unpaired) electrons. The summed E-state index contributed by atoms with van der Waals surface area (Å²) in [7, 11) is 1.57. The lowest BCUT2D eigenvalue weighted by Gasteiger charge is -2.30. The van der Waals surface area contributed by atoms with E-state index in [1.165, 1.54) is 0 Å². The molecule has 1 aliphatic carbocycles. The van der Waals surface area contributed by atoms with Gasteiger partial charge in [0.1, 0.15) is 19.0 Å². The normalized spacial score (nSPS) is 16.2. The maximum atomic E-state index is 13.6. The lowest BCUT2D eigenvalue weighted by atomic mass is 9.84. The highest BCUT2D eigenvalue weighted by molar-refractivity contribution is 6.34. The summed E-state index contributed by atoms with van der Waals surface area (Å²) in [6.45, 7) is 0.936. The van der Waals surface area contributed by atoms with Gasteiger partial charge in [0.2, 0.25) is 11.6 Å². The zero-order chi connectivity index (χ0) is 20.7. The van der Waals surface area contributed by atoms with E-state index in [4.69, 9.17) is 14.2 Å². The summed E-state index contributed by atoms with van der Waals surface area (Å²) in [5.74, 6) is 1.28. The summed E-state index contributed by atoms with van der Waals surface area (Å²) in [5, 5.41) is 3.23. The number of rotatable bonds is 4. The topological polar surface area (TPSA) is 73.9 Å². The maximum absolute atomic E-state index is 13.6. The van der Waals surface area contributed by atoms with Gasteiger partial charge in [0.25, 0.3) is 0 Å². The quantitative estimate of drug-likeness (QED) is 0.670. The van der Waals surface area contributed by atoms with Gasteiger partial charge in [-0.15, -0.1) is 0 Å². The maximum Gasteiger partial charge on any atom is 0.201 e. The molecule has 0 saturated heterocycles. The Morgan fingerprint density at radius 1 is 0.833 bits per heavy atom. The molecule has 1 heterocycles. The zero-order valence-electron chi connectivity index (χ0n) is 16.3. The van der Waals surface area contributed by atoms with Gasteiger partial charge in [0.15, 0.2) is 17.0 Å². The predicted octanol–water partition coefficient (Wildman–Crippen LogP) is 3.85. The summed E-state index contributed by atoms with van der Waals surface area (Å²) < 4.78 is 16.5. The molecule has 0 aromatic heterocycles. The highest BCUT2D eigenvalue weighted by Crippen LogP contribution is 2.42. The second-order valence-corrected chi connectivity index (χ2v) is 7.17. The van der Waals surface area contributed by atoms with E-state index in [0.717, 1.165) is 0 Å². The molecule has 5 rings (SSSR count). The van der Waals surface area contributed by atoms with Crippen LogP contribution in [0.5, 0.6) is 17.2 Å². The predicted molar refractivity (Wildman–Crippen MR) is 111 cm³/mol. The molecule has 1 aliphatic heterocycles. The Balaban J connectivity index is 1.64. The van der Waals surface area contributed by atoms with Gasteiger partial charge < -0.3 is 19.5 Å². The van der Waals surface area contributed by atoms with Crippen LogP contribution in [0.25, 0.3) is 0 Å². The third-order valence-electron chi connectivity index (χ3n) is 5.49. The van der Waals surface area contributed by atoms with Crippen LogP contribution in [0.15, 0.2) is 66.7 Å². The van der Waals surface area contributed by atoms with Crippen molar-refractivity contribution in [2.24, 2.45) is 0 Å². The van der Waals surface area contributed by atoms with Crippen LogP contribution in [0.1, 0.15) is 26.3 Å². The first-order valence-corrected chi connectivity index (χ1v) is 9.64. The molecule has 0 fully saturated rings. The number of benzene rings is 3. The van der Waals surface area contributed by atoms with Crippen molar-refractivity contribution in [2.75, 3.05) is 25.6 Å². The molecule has 0 atom stereocenters. The smallest absolute Gasteiger partial charge is 0.201 e. The van der Waals surface area contributed by atoms with E-state index in [-0.39, 0.29) is 11.6 Å². The number of Topliss-reactive ketones (excluding diaryl/α,β-unsaturated/α-hetero) is 2. The Labute approximate surface area is 173 Å². The summed E-state index contributed by atoms with van der Waals surface area (Å²) in [4.78, 5) is 27.2. The number of ketones is 2. The number of ether oxygens (including phenoxy) is 3. The standard InChI is InChI=1S/C24H19NO5/c1-28-17-9-6-15(7-10-17)24(22(26)18-4-2-3-5-19(18)23(24)27)25-16-8-11-20-21(14-16)30-13-12-29-20/h2-11,14,25H,12-13H2,1H3. The van der Waals surface area contributed by atoms with Crippen molar-refractivity contribution in [1.29, 1.82) is 0 Å². The molecule has 6 nitrogen and oxygen atoms in total. The molecule has 1 N–H and O–H groups in total. The lowest BCUT2D eigenvalue weighted by molar-refractivity contribution is 0.0818. The van der Waals surface area contributed by atoms with Crippen LogP contribution >= 0.6 is 0 Å². The molecule has 150 valence electrons. The molecule has 0 saturated carbocycles. The van der Waals surface area contributed by atoms with Crippen LogP contribution in [-0.2, 0) is 5.54 Å². The zero-order valence-corrected chi connectivity index (χ0v) is 16.3. The number of nitrogens with one attached hydrogen (secondary N) is 1. The first-order chi connectivity index (χ1) is 14.6. The monoisotopic (exact) mass is 401 g/mol. The van der Waals surface area contributed by atoms with Crippen LogP contribution in [0.4, 0.5) is 5.69 Å². The van der Waals surface area contributed by atoms with Crippen LogP contribution in [0, 0.1) is 0 Å². The third kappa shape index (κ3) is 2.64. The number of carbonyl (C=O) groups is 2. The number of fused-ring (bicyclic) bond motifs is 2. The average molecular weight is 401 g/mol. The van der Waals surface area contributed by atoms with Gasteiger partial charge >= 0.3 is 0 Å². The molecule has 0 spiro atoms. The van der Waals surface area contributed by atoms with E-state index in [9.17, 15) is 9.59 Å². The summed E-state index contributed by atoms with van der Waals surface area (Å²) >= 11 is 0. The second-order valence-electron chi connectivity index (χ2n) is 7.17. The van der Waals surface area contributed by atoms with Crippen molar-refractivity contribution in [1.82, 2.24) is 0 Å². The first-order valence-electron chi connectivity index (χ1n) is 9.64. The Bertz CT molecular complexity index is 1120. The molecular weight excluding hydrogens is 382 g/mol. The van der Waals surface area contributed by atoms with Crippen LogP contribution < -0.4 is 19.5 Å². The largest absolute Gasteiger partial charge is 0.497 e. The van der Waals surface area contributed by atoms with Gasteiger partial charge in [-0.1, -0.05) is 36.4 Å². The van der Waals surface area contributed by atoms with E-state index in [1.807, 2.05) is 0 Å². The van der Waals surface area contributed by atoms with Gasteiger partial charge in [-0.3, -0.25) is 9.59 Å². The van der Waals surface area contributed by atoms with E-state index in [0.29, 0.717) is 52.8 Å². The molecule has 3 aromatic carbocycles. The Morgan fingerprint density at radius 3 is 2.10 bits per heavy atom. The molecule has 0 unspecified atom stereocenters. The first kappa shape index (κ1) is 18.2. The highest BCUT2D eigenvalue weighted by Gasteiger charge is 2.54. The van der Waals surface area contributed by atoms with Crippen molar-refractivity contribution in [2.45, 2.75) is 5.54 Å². The number of anilines is 1. The van der Waals surface area contributed by atoms with Gasteiger partial charge in [0.05, 0.1) is 7.11 Å². The lowest BCUT2D eigenvalue weighted by Crippen LogP contribution is -2.46. The Morgan fingerprint density at radius 2 is 1.47 bits per heavy atom. The summed E-state index contributed by atoms with van der Waals surface area (Å²) in [6.07, 6.45) is 0. The van der Waals surface area contributed by atoms with Crippen molar-refractivity contribution < 1.29 is 23.8 Å². The van der Waals surface area contributed by atoms with Gasteiger partial charge in [-0.2, -0.15) is 0 Å². The SMILES string of the molecule is COc1ccc(C2(Nc3ccc4c(c3)OCCO4)C(=O)c3ccccc3C2=O)cc1. The van der Waals surface area contributed by atoms with Crippen molar-refractivity contribution in [3.63, 3.8) is 0 Å². The minimum Gasteiger partial charge on any atom is -0.497 e. The van der Waals surface area contributed by atoms with E-state index < -0.39 is 5.54 Å². The molecule has 0 bridgehead atoms. The third-order valence-corrected chi connectivity index (χ3v) is 5.49. The summed E-state index contributed by atoms with van der Waals surface area (Å²) in [6, 6.07) is 19.2. The second kappa shape index (κ2) is 6.91. The Hall–Kier alpha value is -3.80. The van der Waals surface area contributed by atoms with E-state index in [1.54, 1.807) is 73.8 Å². The molecule has 30 heavy (non-hydrogen) atoms. The Kier molecular flexibility index (Phi) is 4.20. The van der Waals surface area contributed by atoms with Gasteiger partial charge in [0, 0.05) is 22.9 Å². The van der Waals surface area contributed by atoms with Crippen molar-refractivity contribution in [3.05, 3.63) is 83.4 Å². The minimum absolute atomic E-state index is 0.289. The van der Waals surface area contributed by atoms with E-state index in [2.05, 4.69) is 5.32 Å². The fourth-order valence-electron chi connectivity index (χ4n) is 4.01. The molecular formula is C24H19NO5. The van der Waals surface area contributed by atoms with Gasteiger partial charge in [-0.25, -0.2) is 0 Å². The van der Waals surface area contributed by atoms with Gasteiger partial charge in [-0.05, 0) is 29.8 Å². The van der Waals surface area contributed by atoms with Crippen molar-refractivity contribution >= 4 is 17.3 Å². The average Bonchev–Trinajstić information content (AvgIpc) is 3.02. The fourth-order valence-corrected chi connectivity index (χ4v) is 4.01. The number of carbonyl (C=O) groups excluding carboxylic acids is 2. The number of hydrogen-bond acceptors (Lipinski definition) is 6. The molecule has 0 amide bonds. The van der Waals surface area contributed by atoms with Crippen molar-refractivity contribution in [3.8, 4) is 17.2 Å². The summed E-state index contributed by atoms with van der Waals surface area (Å²) in [5.41, 5.74) is 0.375. The van der Waals surface area contributed by atoms with Crippen LogP contribution in [0.2, 0.25) is 0 Å². The number of hydrogen-bond donors (Lipinski definition) is 1. The highest BCUT2D eigenvalue weighted by atomic mass is 16.6. The molecule has 3 aromatic rings.